The first-order valence-electron chi connectivity index (χ1n) is 6.14. The Bertz CT molecular complexity index is 508. The molecule has 0 aromatic heterocycles. The Morgan fingerprint density at radius 2 is 1.83 bits per heavy atom. The highest BCUT2D eigenvalue weighted by Gasteiger charge is 2.42. The highest BCUT2D eigenvalue weighted by molar-refractivity contribution is 6.80. The zero-order valence-electron chi connectivity index (χ0n) is 11.3. The summed E-state index contributed by atoms with van der Waals surface area (Å²) in [6.07, 6.45) is 0.0180. The lowest BCUT2D eigenvalue weighted by molar-refractivity contribution is 0.0847. The van der Waals surface area contributed by atoms with Gasteiger partial charge in [0.05, 0.1) is 25.4 Å². The van der Waals surface area contributed by atoms with Crippen LogP contribution in [-0.4, -0.2) is 13.8 Å². The highest BCUT2D eigenvalue weighted by atomic mass is 28.3. The number of benzene rings is 1. The first-order valence-corrected chi connectivity index (χ1v) is 9.71. The summed E-state index contributed by atoms with van der Waals surface area (Å²) >= 11 is 0. The number of nitriles is 1. The SMILES string of the molecule is CC1=NO[C@H](c2ccc(C#N)cc2)[C@H]1[Si](C)(C)C. The van der Waals surface area contributed by atoms with Crippen molar-refractivity contribution in [2.45, 2.75) is 38.2 Å². The molecular weight excluding hydrogens is 240 g/mol. The van der Waals surface area contributed by atoms with Crippen LogP contribution in [-0.2, 0) is 4.84 Å². The Labute approximate surface area is 109 Å². The second-order valence-electron chi connectivity index (χ2n) is 5.84. The van der Waals surface area contributed by atoms with Gasteiger partial charge in [0.15, 0.2) is 6.10 Å². The van der Waals surface area contributed by atoms with Gasteiger partial charge in [0.2, 0.25) is 0 Å². The van der Waals surface area contributed by atoms with Crippen molar-refractivity contribution in [3.8, 4) is 6.07 Å². The van der Waals surface area contributed by atoms with Crippen molar-refractivity contribution in [1.29, 1.82) is 5.26 Å². The van der Waals surface area contributed by atoms with Crippen molar-refractivity contribution < 1.29 is 4.84 Å². The van der Waals surface area contributed by atoms with E-state index < -0.39 is 8.07 Å². The van der Waals surface area contributed by atoms with E-state index in [0.29, 0.717) is 11.1 Å². The Kier molecular flexibility index (Phi) is 3.27. The fraction of sp³-hybridized carbons (Fsp3) is 0.429. The van der Waals surface area contributed by atoms with Gasteiger partial charge < -0.3 is 4.84 Å². The van der Waals surface area contributed by atoms with Crippen LogP contribution in [0.3, 0.4) is 0 Å². The fourth-order valence-electron chi connectivity index (χ4n) is 2.56. The van der Waals surface area contributed by atoms with Gasteiger partial charge in [-0.25, -0.2) is 0 Å². The third-order valence-electron chi connectivity index (χ3n) is 3.36. The zero-order chi connectivity index (χ0) is 13.3. The van der Waals surface area contributed by atoms with Crippen LogP contribution in [0, 0.1) is 11.3 Å². The van der Waals surface area contributed by atoms with Crippen LogP contribution in [0.4, 0.5) is 0 Å². The molecule has 1 aliphatic heterocycles. The van der Waals surface area contributed by atoms with Gasteiger partial charge in [0.1, 0.15) is 0 Å². The molecule has 0 spiro atoms. The summed E-state index contributed by atoms with van der Waals surface area (Å²) in [7, 11) is -1.38. The second-order valence-corrected chi connectivity index (χ2v) is 11.2. The summed E-state index contributed by atoms with van der Waals surface area (Å²) < 4.78 is 0. The minimum atomic E-state index is -1.38. The molecule has 0 amide bonds. The van der Waals surface area contributed by atoms with Crippen LogP contribution < -0.4 is 0 Å². The van der Waals surface area contributed by atoms with Gasteiger partial charge >= 0.3 is 0 Å². The van der Waals surface area contributed by atoms with Crippen LogP contribution in [0.5, 0.6) is 0 Å². The summed E-state index contributed by atoms with van der Waals surface area (Å²) in [6, 6.07) is 9.77. The summed E-state index contributed by atoms with van der Waals surface area (Å²) in [6.45, 7) is 9.05. The Morgan fingerprint density at radius 1 is 1.22 bits per heavy atom. The molecule has 1 heterocycles. The largest absolute Gasteiger partial charge is 0.387 e. The van der Waals surface area contributed by atoms with Crippen LogP contribution >= 0.6 is 0 Å². The first kappa shape index (κ1) is 12.8. The molecule has 4 heteroatoms. The van der Waals surface area contributed by atoms with Crippen molar-refractivity contribution >= 4 is 13.8 Å². The molecule has 1 aromatic carbocycles. The summed E-state index contributed by atoms with van der Waals surface area (Å²) in [5.41, 5.74) is 3.30. The molecular formula is C14H18N2OSi. The molecule has 2 atom stereocenters. The van der Waals surface area contributed by atoms with Crippen molar-refractivity contribution in [1.82, 2.24) is 0 Å². The Morgan fingerprint density at radius 3 is 2.33 bits per heavy atom. The molecule has 1 aromatic rings. The lowest BCUT2D eigenvalue weighted by atomic mass is 10.0. The van der Waals surface area contributed by atoms with Gasteiger partial charge in [-0.05, 0) is 24.6 Å². The van der Waals surface area contributed by atoms with E-state index in [2.05, 4.69) is 30.9 Å². The maximum absolute atomic E-state index is 8.82. The van der Waals surface area contributed by atoms with Gasteiger partial charge in [-0.2, -0.15) is 5.26 Å². The quantitative estimate of drug-likeness (QED) is 0.759. The van der Waals surface area contributed by atoms with E-state index in [0.717, 1.165) is 11.3 Å². The third-order valence-corrected chi connectivity index (χ3v) is 5.95. The van der Waals surface area contributed by atoms with E-state index in [4.69, 9.17) is 10.1 Å². The van der Waals surface area contributed by atoms with Crippen molar-refractivity contribution in [2.24, 2.45) is 5.16 Å². The average Bonchev–Trinajstić information content (AvgIpc) is 2.71. The molecule has 18 heavy (non-hydrogen) atoms. The van der Waals surface area contributed by atoms with Gasteiger partial charge in [-0.1, -0.05) is 36.9 Å². The molecule has 0 unspecified atom stereocenters. The maximum Gasteiger partial charge on any atom is 0.158 e. The lowest BCUT2D eigenvalue weighted by Gasteiger charge is -2.28. The first-order chi connectivity index (χ1) is 8.43. The molecule has 2 rings (SSSR count). The molecule has 0 saturated carbocycles. The van der Waals surface area contributed by atoms with E-state index in [9.17, 15) is 0 Å². The van der Waals surface area contributed by atoms with Crippen molar-refractivity contribution in [3.63, 3.8) is 0 Å². The smallest absolute Gasteiger partial charge is 0.158 e. The summed E-state index contributed by atoms with van der Waals surface area (Å²) in [4.78, 5) is 5.60. The van der Waals surface area contributed by atoms with Crippen LogP contribution in [0.2, 0.25) is 25.2 Å². The molecule has 0 N–H and O–H groups in total. The number of hydrogen-bond donors (Lipinski definition) is 0. The van der Waals surface area contributed by atoms with Gasteiger partial charge in [-0.3, -0.25) is 0 Å². The molecule has 3 nitrogen and oxygen atoms in total. The van der Waals surface area contributed by atoms with E-state index in [1.807, 2.05) is 31.2 Å². The molecule has 0 bridgehead atoms. The molecule has 0 aliphatic carbocycles. The van der Waals surface area contributed by atoms with Crippen molar-refractivity contribution in [3.05, 3.63) is 35.4 Å². The lowest BCUT2D eigenvalue weighted by Crippen LogP contribution is -2.34. The maximum atomic E-state index is 8.82. The average molecular weight is 258 g/mol. The van der Waals surface area contributed by atoms with Crippen LogP contribution in [0.25, 0.3) is 0 Å². The van der Waals surface area contributed by atoms with E-state index in [1.54, 1.807) is 0 Å². The monoisotopic (exact) mass is 258 g/mol. The van der Waals surface area contributed by atoms with E-state index in [1.165, 1.54) is 0 Å². The highest BCUT2D eigenvalue weighted by Crippen LogP contribution is 2.43. The van der Waals surface area contributed by atoms with Gasteiger partial charge in [0.25, 0.3) is 0 Å². The molecule has 0 radical (unpaired) electrons. The van der Waals surface area contributed by atoms with E-state index >= 15 is 0 Å². The van der Waals surface area contributed by atoms with Gasteiger partial charge in [-0.15, -0.1) is 0 Å². The topological polar surface area (TPSA) is 45.4 Å². The Hall–Kier alpha value is -1.60. The molecule has 1 aliphatic rings. The van der Waals surface area contributed by atoms with Crippen LogP contribution in [0.15, 0.2) is 29.4 Å². The minimum absolute atomic E-state index is 0.0180. The van der Waals surface area contributed by atoms with Crippen molar-refractivity contribution in [2.75, 3.05) is 0 Å². The van der Waals surface area contributed by atoms with Crippen LogP contribution in [0.1, 0.15) is 24.2 Å². The number of rotatable bonds is 2. The zero-order valence-corrected chi connectivity index (χ0v) is 12.3. The molecule has 0 saturated heterocycles. The number of oxime groups is 1. The normalized spacial score (nSPS) is 23.2. The second kappa shape index (κ2) is 4.58. The molecule has 94 valence electrons. The standard InChI is InChI=1S/C14H18N2OSi/c1-10-14(18(2,3)4)13(17-16-10)12-7-5-11(9-15)6-8-12/h5-8,13-14H,1-4H3/t13-,14+/m1/s1. The minimum Gasteiger partial charge on any atom is -0.387 e. The predicted molar refractivity (Wildman–Crippen MR) is 75.2 cm³/mol. The summed E-state index contributed by atoms with van der Waals surface area (Å²) in [5.74, 6) is 0. The Balaban J connectivity index is 2.31. The number of hydrogen-bond acceptors (Lipinski definition) is 3. The third kappa shape index (κ3) is 2.32. The predicted octanol–water partition coefficient (Wildman–Crippen LogP) is 3.71. The van der Waals surface area contributed by atoms with E-state index in [-0.39, 0.29) is 6.10 Å². The molecule has 0 fully saturated rings. The van der Waals surface area contributed by atoms with Gasteiger partial charge in [0, 0.05) is 5.54 Å². The summed E-state index contributed by atoms with van der Waals surface area (Å²) in [5, 5.41) is 13.0. The number of nitrogens with zero attached hydrogens (tertiary/aromatic N) is 2. The fourth-order valence-corrected chi connectivity index (χ4v) is 5.03.